The van der Waals surface area contributed by atoms with Crippen LogP contribution in [0.5, 0.6) is 0 Å². The van der Waals surface area contributed by atoms with Crippen LogP contribution in [0.25, 0.3) is 6.08 Å². The summed E-state index contributed by atoms with van der Waals surface area (Å²) in [5, 5.41) is 0. The Labute approximate surface area is 102 Å². The molecule has 0 amide bonds. The zero-order chi connectivity index (χ0) is 11.8. The molecular weight excluding hydrogens is 206 g/mol. The predicted octanol–water partition coefficient (Wildman–Crippen LogP) is 3.82. The number of rotatable bonds is 4. The van der Waals surface area contributed by atoms with Gasteiger partial charge < -0.3 is 0 Å². The molecule has 0 spiro atoms. The molecule has 2 rings (SSSR count). The zero-order valence-corrected chi connectivity index (χ0v) is 9.66. The first kappa shape index (κ1) is 11.3. The highest BCUT2D eigenvalue weighted by Crippen LogP contribution is 2.00. The summed E-state index contributed by atoms with van der Waals surface area (Å²) >= 11 is 0. The highest BCUT2D eigenvalue weighted by Gasteiger charge is 1.83. The van der Waals surface area contributed by atoms with Gasteiger partial charge in [-0.25, -0.2) is 0 Å². The minimum Gasteiger partial charge on any atom is -0.288 e. The van der Waals surface area contributed by atoms with E-state index in [0.717, 1.165) is 5.56 Å². The van der Waals surface area contributed by atoms with Crippen LogP contribution in [0.3, 0.4) is 0 Å². The van der Waals surface area contributed by atoms with Crippen molar-refractivity contribution in [2.75, 3.05) is 6.54 Å². The van der Waals surface area contributed by atoms with E-state index in [4.69, 9.17) is 0 Å². The van der Waals surface area contributed by atoms with Crippen LogP contribution in [0.2, 0.25) is 0 Å². The molecule has 0 atom stereocenters. The van der Waals surface area contributed by atoms with Gasteiger partial charge in [-0.15, -0.1) is 0 Å². The van der Waals surface area contributed by atoms with Gasteiger partial charge >= 0.3 is 0 Å². The third-order valence-corrected chi connectivity index (χ3v) is 2.36. The van der Waals surface area contributed by atoms with Crippen molar-refractivity contribution in [1.29, 1.82) is 0 Å². The Morgan fingerprint density at radius 3 is 2.00 bits per heavy atom. The van der Waals surface area contributed by atoms with E-state index < -0.39 is 0 Å². The van der Waals surface area contributed by atoms with Crippen molar-refractivity contribution >= 4 is 12.3 Å². The number of nitrogens with zero attached hydrogens (tertiary/aromatic N) is 1. The topological polar surface area (TPSA) is 12.4 Å². The molecule has 0 bridgehead atoms. The second kappa shape index (κ2) is 6.44. The average molecular weight is 221 g/mol. The van der Waals surface area contributed by atoms with Crippen LogP contribution in [0.4, 0.5) is 0 Å². The lowest BCUT2D eigenvalue weighted by molar-refractivity contribution is 1.26. The Morgan fingerprint density at radius 2 is 1.35 bits per heavy atom. The first-order valence-corrected chi connectivity index (χ1v) is 5.71. The molecule has 1 heteroatoms. The third kappa shape index (κ3) is 4.07. The van der Waals surface area contributed by atoms with Crippen LogP contribution >= 0.6 is 0 Å². The molecule has 1 nitrogen and oxygen atoms in total. The van der Waals surface area contributed by atoms with Crippen LogP contribution in [0.15, 0.2) is 71.7 Å². The molecule has 2 aromatic rings. The molecule has 2 aromatic carbocycles. The van der Waals surface area contributed by atoms with Crippen LogP contribution in [-0.2, 0) is 0 Å². The van der Waals surface area contributed by atoms with Gasteiger partial charge in [-0.3, -0.25) is 4.99 Å². The van der Waals surface area contributed by atoms with E-state index in [0.29, 0.717) is 6.54 Å². The summed E-state index contributed by atoms with van der Waals surface area (Å²) in [5.74, 6) is 0. The fourth-order valence-corrected chi connectivity index (χ4v) is 1.51. The SMILES string of the molecule is C(=NC/C=C/c1ccccc1)c1ccccc1. The molecule has 0 heterocycles. The lowest BCUT2D eigenvalue weighted by Crippen LogP contribution is -1.80. The first-order valence-electron chi connectivity index (χ1n) is 5.71. The smallest absolute Gasteiger partial charge is 0.0573 e. The average Bonchev–Trinajstić information content (AvgIpc) is 2.41. The lowest BCUT2D eigenvalue weighted by atomic mass is 10.2. The minimum absolute atomic E-state index is 0.712. The van der Waals surface area contributed by atoms with Gasteiger partial charge in [-0.05, 0) is 11.1 Å². The summed E-state index contributed by atoms with van der Waals surface area (Å²) in [6.45, 7) is 0.712. The van der Waals surface area contributed by atoms with Gasteiger partial charge in [0.1, 0.15) is 0 Å². The molecule has 0 saturated heterocycles. The molecule has 0 radical (unpaired) electrons. The van der Waals surface area contributed by atoms with Gasteiger partial charge in [0.15, 0.2) is 0 Å². The predicted molar refractivity (Wildman–Crippen MR) is 74.4 cm³/mol. The summed E-state index contributed by atoms with van der Waals surface area (Å²) in [6.07, 6.45) is 6.05. The third-order valence-electron chi connectivity index (χ3n) is 2.36. The second-order valence-electron chi connectivity index (χ2n) is 3.72. The molecule has 0 unspecified atom stereocenters. The van der Waals surface area contributed by atoms with E-state index in [1.165, 1.54) is 5.56 Å². The lowest BCUT2D eigenvalue weighted by Gasteiger charge is -1.91. The largest absolute Gasteiger partial charge is 0.288 e. The van der Waals surface area contributed by atoms with Crippen molar-refractivity contribution in [2.45, 2.75) is 0 Å². The summed E-state index contributed by atoms with van der Waals surface area (Å²) < 4.78 is 0. The summed E-state index contributed by atoms with van der Waals surface area (Å²) in [4.78, 5) is 4.34. The van der Waals surface area contributed by atoms with Crippen LogP contribution in [-0.4, -0.2) is 12.8 Å². The molecule has 17 heavy (non-hydrogen) atoms. The van der Waals surface area contributed by atoms with Gasteiger partial charge in [-0.2, -0.15) is 0 Å². The van der Waals surface area contributed by atoms with Gasteiger partial charge in [0.25, 0.3) is 0 Å². The van der Waals surface area contributed by atoms with Crippen molar-refractivity contribution in [1.82, 2.24) is 0 Å². The van der Waals surface area contributed by atoms with Crippen LogP contribution in [0.1, 0.15) is 11.1 Å². The molecule has 0 aromatic heterocycles. The van der Waals surface area contributed by atoms with E-state index in [-0.39, 0.29) is 0 Å². The molecule has 0 N–H and O–H groups in total. The fourth-order valence-electron chi connectivity index (χ4n) is 1.51. The van der Waals surface area contributed by atoms with Crippen molar-refractivity contribution in [3.63, 3.8) is 0 Å². The van der Waals surface area contributed by atoms with E-state index >= 15 is 0 Å². The fraction of sp³-hybridized carbons (Fsp3) is 0.0625. The highest BCUT2D eigenvalue weighted by atomic mass is 14.7. The van der Waals surface area contributed by atoms with Gasteiger partial charge in [0.2, 0.25) is 0 Å². The molecule has 0 aliphatic rings. The number of hydrogen-bond donors (Lipinski definition) is 0. The summed E-state index contributed by atoms with van der Waals surface area (Å²) in [6, 6.07) is 20.4. The summed E-state index contributed by atoms with van der Waals surface area (Å²) in [7, 11) is 0. The molecular formula is C16H15N. The summed E-state index contributed by atoms with van der Waals surface area (Å²) in [5.41, 5.74) is 2.35. The van der Waals surface area contributed by atoms with Crippen LogP contribution in [0, 0.1) is 0 Å². The Morgan fingerprint density at radius 1 is 0.765 bits per heavy atom. The van der Waals surface area contributed by atoms with Crippen molar-refractivity contribution in [2.24, 2.45) is 4.99 Å². The maximum atomic E-state index is 4.34. The maximum Gasteiger partial charge on any atom is 0.0573 e. The highest BCUT2D eigenvalue weighted by molar-refractivity contribution is 5.79. The quantitative estimate of drug-likeness (QED) is 0.696. The minimum atomic E-state index is 0.712. The van der Waals surface area contributed by atoms with E-state index in [9.17, 15) is 0 Å². The molecule has 84 valence electrons. The van der Waals surface area contributed by atoms with Gasteiger partial charge in [0, 0.05) is 6.21 Å². The number of hydrogen-bond acceptors (Lipinski definition) is 1. The van der Waals surface area contributed by atoms with E-state index in [1.54, 1.807) is 0 Å². The van der Waals surface area contributed by atoms with Crippen LogP contribution < -0.4 is 0 Å². The molecule has 0 aliphatic heterocycles. The standard InChI is InChI=1S/C16H15N/c1-3-8-15(9-4-1)12-7-13-17-14-16-10-5-2-6-11-16/h1-12,14H,13H2/b12-7+,17-14?. The Balaban J connectivity index is 1.84. The second-order valence-corrected chi connectivity index (χ2v) is 3.72. The maximum absolute atomic E-state index is 4.34. The molecule has 0 aliphatic carbocycles. The zero-order valence-electron chi connectivity index (χ0n) is 9.66. The van der Waals surface area contributed by atoms with Crippen molar-refractivity contribution < 1.29 is 0 Å². The Kier molecular flexibility index (Phi) is 4.29. The van der Waals surface area contributed by atoms with Crippen molar-refractivity contribution in [3.05, 3.63) is 77.9 Å². The number of aliphatic imine (C=N–C) groups is 1. The van der Waals surface area contributed by atoms with Gasteiger partial charge in [-0.1, -0.05) is 72.8 Å². The molecule has 0 fully saturated rings. The Bertz CT molecular complexity index is 436. The first-order chi connectivity index (χ1) is 8.45. The van der Waals surface area contributed by atoms with Gasteiger partial charge in [0.05, 0.1) is 6.54 Å². The Hall–Kier alpha value is -2.15. The van der Waals surface area contributed by atoms with Crippen molar-refractivity contribution in [3.8, 4) is 0 Å². The van der Waals surface area contributed by atoms with E-state index in [2.05, 4.69) is 29.3 Å². The molecule has 0 saturated carbocycles. The normalized spacial score (nSPS) is 11.3. The number of benzene rings is 2. The monoisotopic (exact) mass is 221 g/mol. The van der Waals surface area contributed by atoms with E-state index in [1.807, 2.05) is 54.7 Å².